The maximum Gasteiger partial charge on any atom is 0.341 e. The van der Waals surface area contributed by atoms with Crippen LogP contribution in [0.1, 0.15) is 48.3 Å². The highest BCUT2D eigenvalue weighted by Gasteiger charge is 2.34. The molecule has 0 amide bonds. The van der Waals surface area contributed by atoms with Crippen molar-refractivity contribution in [2.24, 2.45) is 16.1 Å². The molecule has 32 heavy (non-hydrogen) atoms. The van der Waals surface area contributed by atoms with Crippen LogP contribution in [-0.4, -0.2) is 35.5 Å². The van der Waals surface area contributed by atoms with Crippen LogP contribution < -0.4 is 15.9 Å². The van der Waals surface area contributed by atoms with Gasteiger partial charge in [0.25, 0.3) is 0 Å². The second kappa shape index (κ2) is 8.57. The quantitative estimate of drug-likeness (QED) is 0.535. The molecule has 0 spiro atoms. The number of aromatic nitrogens is 1. The second-order valence-electron chi connectivity index (χ2n) is 8.62. The average molecular weight is 445 g/mol. The number of ether oxygens (including phenoxy) is 1. The third-order valence-electron chi connectivity index (χ3n) is 5.58. The summed E-state index contributed by atoms with van der Waals surface area (Å²) in [5.74, 6) is -0.926. The van der Waals surface area contributed by atoms with Crippen molar-refractivity contribution in [3.8, 4) is 17.0 Å². The minimum Gasteiger partial charge on any atom is -0.496 e. The van der Waals surface area contributed by atoms with Gasteiger partial charge in [0, 0.05) is 47.4 Å². The molecule has 1 aliphatic rings. The lowest BCUT2D eigenvalue weighted by Gasteiger charge is -2.39. The molecule has 9 heteroatoms. The summed E-state index contributed by atoms with van der Waals surface area (Å²) in [6.45, 7) is 3.20. The summed E-state index contributed by atoms with van der Waals surface area (Å²) in [5, 5.41) is 9.43. The Morgan fingerprint density at radius 2 is 2.00 bits per heavy atom. The van der Waals surface area contributed by atoms with Crippen LogP contribution in [0.5, 0.6) is 5.75 Å². The van der Waals surface area contributed by atoms with E-state index in [4.69, 9.17) is 10.5 Å². The first-order valence-electron chi connectivity index (χ1n) is 9.92. The SMILES string of the molecule is COc1cc2c(cc1C(C=NC(F)F)=CN)CC(C(C)(C)C)n1cc(C(=O)O)c(=O)cc1-2. The normalized spacial score (nSPS) is 16.2. The number of methoxy groups -OCH3 is 1. The van der Waals surface area contributed by atoms with Crippen LogP contribution in [0, 0.1) is 5.41 Å². The number of nitrogens with zero attached hydrogens (tertiary/aromatic N) is 2. The smallest absolute Gasteiger partial charge is 0.341 e. The van der Waals surface area contributed by atoms with Gasteiger partial charge in [-0.2, -0.15) is 8.78 Å². The van der Waals surface area contributed by atoms with Gasteiger partial charge in [-0.05, 0) is 29.5 Å². The fraction of sp³-hybridized carbons (Fsp3) is 0.348. The zero-order valence-electron chi connectivity index (χ0n) is 18.2. The first kappa shape index (κ1) is 23.2. The summed E-state index contributed by atoms with van der Waals surface area (Å²) in [7, 11) is 1.44. The third-order valence-corrected chi connectivity index (χ3v) is 5.58. The van der Waals surface area contributed by atoms with Crippen molar-refractivity contribution >= 4 is 17.8 Å². The molecule has 2 aromatic rings. The van der Waals surface area contributed by atoms with E-state index >= 15 is 0 Å². The fourth-order valence-corrected chi connectivity index (χ4v) is 3.98. The van der Waals surface area contributed by atoms with Crippen molar-refractivity contribution in [2.45, 2.75) is 39.8 Å². The number of aromatic carboxylic acids is 1. The minimum atomic E-state index is -2.87. The Morgan fingerprint density at radius 3 is 2.53 bits per heavy atom. The lowest BCUT2D eigenvalue weighted by Crippen LogP contribution is -2.32. The Balaban J connectivity index is 2.29. The first-order valence-corrected chi connectivity index (χ1v) is 9.92. The summed E-state index contributed by atoms with van der Waals surface area (Å²) in [5.41, 5.74) is 7.37. The predicted molar refractivity (Wildman–Crippen MR) is 119 cm³/mol. The largest absolute Gasteiger partial charge is 0.496 e. The van der Waals surface area contributed by atoms with Crippen molar-refractivity contribution in [1.29, 1.82) is 0 Å². The number of nitrogens with two attached hydrogens (primary N) is 1. The van der Waals surface area contributed by atoms with Gasteiger partial charge >= 0.3 is 12.5 Å². The molecule has 3 N–H and O–H groups in total. The van der Waals surface area contributed by atoms with Crippen molar-refractivity contribution in [2.75, 3.05) is 7.11 Å². The highest BCUT2D eigenvalue weighted by atomic mass is 19.3. The number of carbonyl (C=O) groups is 1. The Morgan fingerprint density at radius 1 is 1.31 bits per heavy atom. The van der Waals surface area contributed by atoms with Gasteiger partial charge in [-0.25, -0.2) is 9.79 Å². The second-order valence-corrected chi connectivity index (χ2v) is 8.62. The van der Waals surface area contributed by atoms with E-state index in [0.717, 1.165) is 11.8 Å². The van der Waals surface area contributed by atoms with Crippen LogP contribution in [0.4, 0.5) is 8.78 Å². The molecule has 2 heterocycles. The summed E-state index contributed by atoms with van der Waals surface area (Å²) >= 11 is 0. The van der Waals surface area contributed by atoms with E-state index in [1.165, 1.54) is 25.6 Å². The van der Waals surface area contributed by atoms with Crippen molar-refractivity contribution < 1.29 is 23.4 Å². The monoisotopic (exact) mass is 445 g/mol. The number of benzene rings is 1. The molecule has 0 fully saturated rings. The van der Waals surface area contributed by atoms with E-state index in [2.05, 4.69) is 4.99 Å². The standard InChI is InChI=1S/C23H25F2N3O4/c1-23(2,3)20-6-12-5-15(13(9-26)10-27-22(24)25)19(32-4)7-14(12)17-8-18(29)16(21(30)31)11-28(17)20/h5,7-11,20,22H,6,26H2,1-4H3,(H,30,31). The van der Waals surface area contributed by atoms with Crippen LogP contribution in [0.2, 0.25) is 0 Å². The lowest BCUT2D eigenvalue weighted by atomic mass is 9.78. The highest BCUT2D eigenvalue weighted by molar-refractivity contribution is 6.11. The molecule has 1 aliphatic heterocycles. The van der Waals surface area contributed by atoms with Crippen molar-refractivity contribution in [3.63, 3.8) is 0 Å². The molecule has 1 atom stereocenters. The van der Waals surface area contributed by atoms with Gasteiger partial charge < -0.3 is 20.1 Å². The van der Waals surface area contributed by atoms with Gasteiger partial charge in [-0.1, -0.05) is 20.8 Å². The zero-order valence-corrected chi connectivity index (χ0v) is 18.2. The van der Waals surface area contributed by atoms with Gasteiger partial charge in [0.2, 0.25) is 0 Å². The van der Waals surface area contributed by atoms with E-state index in [1.807, 2.05) is 25.3 Å². The molecule has 1 unspecified atom stereocenters. The molecule has 7 nitrogen and oxygen atoms in total. The molecule has 1 aromatic carbocycles. The van der Waals surface area contributed by atoms with Crippen LogP contribution in [-0.2, 0) is 6.42 Å². The lowest BCUT2D eigenvalue weighted by molar-refractivity contribution is 0.0693. The first-order chi connectivity index (χ1) is 15.0. The number of alkyl halides is 2. The summed E-state index contributed by atoms with van der Waals surface area (Å²) in [4.78, 5) is 27.2. The van der Waals surface area contributed by atoms with Crippen molar-refractivity contribution in [3.05, 3.63) is 57.5 Å². The summed E-state index contributed by atoms with van der Waals surface area (Å²) in [6.07, 6.45) is 4.09. The van der Waals surface area contributed by atoms with Crippen LogP contribution in [0.3, 0.4) is 0 Å². The summed E-state index contributed by atoms with van der Waals surface area (Å²) in [6, 6.07) is 4.65. The van der Waals surface area contributed by atoms with Crippen LogP contribution in [0.15, 0.2) is 40.4 Å². The molecule has 0 bridgehead atoms. The predicted octanol–water partition coefficient (Wildman–Crippen LogP) is 3.96. The average Bonchev–Trinajstić information content (AvgIpc) is 2.71. The number of hydrogen-bond acceptors (Lipinski definition) is 5. The van der Waals surface area contributed by atoms with Crippen molar-refractivity contribution in [1.82, 2.24) is 4.57 Å². The molecule has 0 radical (unpaired) electrons. The number of aliphatic imine (C=N–C) groups is 1. The highest BCUT2D eigenvalue weighted by Crippen LogP contribution is 2.44. The molecule has 3 rings (SSSR count). The molecule has 170 valence electrons. The molecule has 0 aliphatic carbocycles. The van der Waals surface area contributed by atoms with E-state index in [0.29, 0.717) is 29.0 Å². The number of hydrogen-bond donors (Lipinski definition) is 2. The van der Waals surface area contributed by atoms with Gasteiger partial charge in [0.1, 0.15) is 11.3 Å². The number of carboxylic acids is 1. The molecular formula is C23H25F2N3O4. The van der Waals surface area contributed by atoms with Gasteiger partial charge in [-0.15, -0.1) is 0 Å². The van der Waals surface area contributed by atoms with Gasteiger partial charge in [0.15, 0.2) is 5.43 Å². The zero-order chi connectivity index (χ0) is 23.8. The van der Waals surface area contributed by atoms with E-state index in [-0.39, 0.29) is 22.6 Å². The minimum absolute atomic E-state index is 0.162. The maximum absolute atomic E-state index is 12.6. The molecular weight excluding hydrogens is 420 g/mol. The maximum atomic E-state index is 12.6. The summed E-state index contributed by atoms with van der Waals surface area (Å²) < 4.78 is 32.5. The van der Waals surface area contributed by atoms with E-state index in [1.54, 1.807) is 12.1 Å². The Labute approximate surface area is 183 Å². The number of halogens is 2. The molecule has 0 saturated heterocycles. The van der Waals surface area contributed by atoms with Gasteiger partial charge in [-0.3, -0.25) is 4.79 Å². The Bertz CT molecular complexity index is 1180. The number of pyridine rings is 1. The molecule has 1 aromatic heterocycles. The van der Waals surface area contributed by atoms with Gasteiger partial charge in [0.05, 0.1) is 12.8 Å². The Kier molecular flexibility index (Phi) is 6.20. The number of allylic oxidation sites excluding steroid dienone is 1. The Hall–Kier alpha value is -3.49. The molecule has 0 saturated carbocycles. The fourth-order valence-electron chi connectivity index (χ4n) is 3.98. The number of carboxylic acid groups (broad SMARTS) is 1. The third kappa shape index (κ3) is 4.28. The number of fused-ring (bicyclic) bond motifs is 3. The topological polar surface area (TPSA) is 107 Å². The van der Waals surface area contributed by atoms with Crippen LogP contribution >= 0.6 is 0 Å². The van der Waals surface area contributed by atoms with E-state index < -0.39 is 17.9 Å². The van der Waals surface area contributed by atoms with E-state index in [9.17, 15) is 23.5 Å². The number of rotatable bonds is 5. The van der Waals surface area contributed by atoms with Crippen LogP contribution in [0.25, 0.3) is 16.8 Å².